The molecule has 3 aromatic carbocycles. The number of amides is 2. The molecule has 14 nitrogen and oxygen atoms in total. The third-order valence-electron chi connectivity index (χ3n) is 5.47. The quantitative estimate of drug-likeness (QED) is 0.187. The smallest absolute Gasteiger partial charge is 0.318 e. The Hall–Kier alpha value is -5.31. The van der Waals surface area contributed by atoms with E-state index < -0.39 is 37.3 Å². The van der Waals surface area contributed by atoms with Gasteiger partial charge in [-0.15, -0.1) is 0 Å². The Morgan fingerprint density at radius 2 is 1.59 bits per heavy atom. The highest BCUT2D eigenvalue weighted by molar-refractivity contribution is 8.18. The second-order valence-electron chi connectivity index (χ2n) is 7.80. The summed E-state index contributed by atoms with van der Waals surface area (Å²) in [4.78, 5) is 58.3. The lowest BCUT2D eigenvalue weighted by atomic mass is 10.1. The molecular formula is C24H16N4O10S. The van der Waals surface area contributed by atoms with E-state index in [1.807, 2.05) is 0 Å². The van der Waals surface area contributed by atoms with E-state index in [0.29, 0.717) is 11.8 Å². The van der Waals surface area contributed by atoms with Gasteiger partial charge in [0.05, 0.1) is 39.4 Å². The molecule has 39 heavy (non-hydrogen) atoms. The van der Waals surface area contributed by atoms with Gasteiger partial charge in [0.15, 0.2) is 11.5 Å². The van der Waals surface area contributed by atoms with Crippen molar-refractivity contribution in [3.63, 3.8) is 0 Å². The van der Waals surface area contributed by atoms with Crippen LogP contribution in [0.2, 0.25) is 0 Å². The van der Waals surface area contributed by atoms with Crippen molar-refractivity contribution < 1.29 is 33.8 Å². The molecule has 0 saturated carbocycles. The molecule has 198 valence electrons. The summed E-state index contributed by atoms with van der Waals surface area (Å²) in [6.07, 6.45) is 1.32. The van der Waals surface area contributed by atoms with Crippen LogP contribution in [0.3, 0.4) is 0 Å². The van der Waals surface area contributed by atoms with E-state index in [0.717, 1.165) is 23.1 Å². The number of nitro groups is 3. The predicted octanol–water partition coefficient (Wildman–Crippen LogP) is 5.45. The van der Waals surface area contributed by atoms with Gasteiger partial charge in [-0.3, -0.25) is 44.8 Å². The lowest BCUT2D eigenvalue weighted by molar-refractivity contribution is -0.394. The highest BCUT2D eigenvalue weighted by atomic mass is 32.2. The van der Waals surface area contributed by atoms with Crippen LogP contribution in [0, 0.1) is 30.3 Å². The summed E-state index contributed by atoms with van der Waals surface area (Å²) < 4.78 is 11.1. The van der Waals surface area contributed by atoms with E-state index in [2.05, 4.69) is 0 Å². The highest BCUT2D eigenvalue weighted by Crippen LogP contribution is 2.42. The molecule has 0 spiro atoms. The molecule has 1 aliphatic heterocycles. The fourth-order valence-corrected chi connectivity index (χ4v) is 4.47. The summed E-state index contributed by atoms with van der Waals surface area (Å²) in [5, 5.41) is 33.3. The van der Waals surface area contributed by atoms with Gasteiger partial charge in [-0.05, 0) is 30.0 Å². The number of para-hydroxylation sites is 2. The zero-order valence-electron chi connectivity index (χ0n) is 19.8. The van der Waals surface area contributed by atoms with Gasteiger partial charge in [0.25, 0.3) is 22.5 Å². The second-order valence-corrected chi connectivity index (χ2v) is 8.79. The highest BCUT2D eigenvalue weighted by Gasteiger charge is 2.36. The number of hydrogen-bond acceptors (Lipinski definition) is 11. The fraction of sp³-hybridized carbons (Fsp3) is 0.0833. The fourth-order valence-electron chi connectivity index (χ4n) is 3.65. The van der Waals surface area contributed by atoms with Gasteiger partial charge < -0.3 is 9.47 Å². The minimum Gasteiger partial charge on any atom is -0.493 e. The Labute approximate surface area is 222 Å². The van der Waals surface area contributed by atoms with Crippen LogP contribution < -0.4 is 9.47 Å². The molecule has 0 aromatic heterocycles. The van der Waals surface area contributed by atoms with Crippen molar-refractivity contribution in [2.75, 3.05) is 7.11 Å². The lowest BCUT2D eigenvalue weighted by Gasteiger charge is -2.14. The Bertz CT molecular complexity index is 1570. The molecule has 1 heterocycles. The van der Waals surface area contributed by atoms with E-state index in [9.17, 15) is 39.9 Å². The number of imide groups is 1. The number of carbonyl (C=O) groups excluding carboxylic acids is 2. The SMILES string of the molecule is COc1cccc(/C=C2\SC(=O)N(Cc3ccccc3[N+](=O)[O-])C2=O)c1Oc1ccc([N+](=O)[O-])cc1[N+](=O)[O-]. The van der Waals surface area contributed by atoms with Gasteiger partial charge in [-0.25, -0.2) is 0 Å². The van der Waals surface area contributed by atoms with E-state index in [4.69, 9.17) is 9.47 Å². The second kappa shape index (κ2) is 11.0. The molecule has 4 rings (SSSR count). The number of benzene rings is 3. The van der Waals surface area contributed by atoms with Crippen molar-refractivity contribution in [3.05, 3.63) is 107 Å². The molecule has 1 fully saturated rings. The maximum Gasteiger partial charge on any atom is 0.318 e. The molecule has 0 bridgehead atoms. The molecule has 0 aliphatic carbocycles. The monoisotopic (exact) mass is 552 g/mol. The number of non-ortho nitro benzene ring substituents is 1. The third-order valence-corrected chi connectivity index (χ3v) is 6.38. The lowest BCUT2D eigenvalue weighted by Crippen LogP contribution is -2.27. The summed E-state index contributed by atoms with van der Waals surface area (Å²) in [6.45, 7) is -0.324. The van der Waals surface area contributed by atoms with E-state index >= 15 is 0 Å². The van der Waals surface area contributed by atoms with Crippen LogP contribution in [-0.2, 0) is 11.3 Å². The van der Waals surface area contributed by atoms with Gasteiger partial charge in [0, 0.05) is 23.3 Å². The number of thioether (sulfide) groups is 1. The standard InChI is InChI=1S/C24H16N4O10S/c1-37-20-8-4-6-14(22(20)38-19-10-9-16(26(31)32)12-18(19)28(35)36)11-21-23(29)25(24(30)39-21)13-15-5-2-3-7-17(15)27(33)34/h2-12H,13H2,1H3/b21-11-. The van der Waals surface area contributed by atoms with Gasteiger partial charge in [-0.1, -0.05) is 30.3 Å². The molecule has 2 amide bonds. The molecule has 1 saturated heterocycles. The summed E-state index contributed by atoms with van der Waals surface area (Å²) in [6, 6.07) is 13.1. The first-order valence-corrected chi connectivity index (χ1v) is 11.7. The van der Waals surface area contributed by atoms with Crippen molar-refractivity contribution in [2.24, 2.45) is 0 Å². The van der Waals surface area contributed by atoms with Gasteiger partial charge >= 0.3 is 5.69 Å². The maximum atomic E-state index is 13.1. The summed E-state index contributed by atoms with van der Waals surface area (Å²) in [7, 11) is 1.32. The zero-order valence-corrected chi connectivity index (χ0v) is 20.7. The van der Waals surface area contributed by atoms with Crippen LogP contribution in [0.25, 0.3) is 6.08 Å². The molecule has 15 heteroatoms. The summed E-state index contributed by atoms with van der Waals surface area (Å²) in [5.41, 5.74) is -1.05. The molecule has 3 aromatic rings. The number of methoxy groups -OCH3 is 1. The number of ether oxygens (including phenoxy) is 2. The van der Waals surface area contributed by atoms with Gasteiger partial charge in [-0.2, -0.15) is 0 Å². The normalized spacial score (nSPS) is 14.0. The number of nitrogens with zero attached hydrogens (tertiary/aromatic N) is 4. The summed E-state index contributed by atoms with van der Waals surface area (Å²) >= 11 is 0.601. The third kappa shape index (κ3) is 5.52. The van der Waals surface area contributed by atoms with Crippen LogP contribution in [0.4, 0.5) is 21.9 Å². The van der Waals surface area contributed by atoms with Crippen LogP contribution >= 0.6 is 11.8 Å². The Morgan fingerprint density at radius 3 is 2.26 bits per heavy atom. The van der Waals surface area contributed by atoms with Gasteiger partial charge in [0.2, 0.25) is 5.75 Å². The molecule has 0 radical (unpaired) electrons. The molecule has 0 N–H and O–H groups in total. The first kappa shape index (κ1) is 26.7. The first-order valence-electron chi connectivity index (χ1n) is 10.9. The molecule has 0 unspecified atom stereocenters. The van der Waals surface area contributed by atoms with Gasteiger partial charge in [0.1, 0.15) is 0 Å². The Morgan fingerprint density at radius 1 is 0.872 bits per heavy atom. The molecular weight excluding hydrogens is 536 g/mol. The molecule has 0 atom stereocenters. The topological polar surface area (TPSA) is 185 Å². The van der Waals surface area contributed by atoms with E-state index in [1.165, 1.54) is 43.5 Å². The average Bonchev–Trinajstić information content (AvgIpc) is 3.16. The van der Waals surface area contributed by atoms with E-state index in [1.54, 1.807) is 12.1 Å². The minimum atomic E-state index is -0.842. The van der Waals surface area contributed by atoms with Crippen molar-refractivity contribution in [3.8, 4) is 17.2 Å². The van der Waals surface area contributed by atoms with Crippen LogP contribution in [0.1, 0.15) is 11.1 Å². The van der Waals surface area contributed by atoms with Crippen LogP contribution in [0.15, 0.2) is 65.6 Å². The summed E-state index contributed by atoms with van der Waals surface area (Å²) in [5.74, 6) is -0.967. The number of nitro benzene ring substituents is 3. The van der Waals surface area contributed by atoms with Crippen LogP contribution in [0.5, 0.6) is 17.2 Å². The van der Waals surface area contributed by atoms with Crippen molar-refractivity contribution in [1.29, 1.82) is 0 Å². The maximum absolute atomic E-state index is 13.1. The minimum absolute atomic E-state index is 0.0325. The number of hydrogen-bond donors (Lipinski definition) is 0. The largest absolute Gasteiger partial charge is 0.493 e. The number of carbonyl (C=O) groups is 2. The first-order chi connectivity index (χ1) is 18.6. The predicted molar refractivity (Wildman–Crippen MR) is 137 cm³/mol. The number of rotatable bonds is 9. The Balaban J connectivity index is 1.70. The van der Waals surface area contributed by atoms with Crippen molar-refractivity contribution in [1.82, 2.24) is 4.90 Å². The average molecular weight is 552 g/mol. The van der Waals surface area contributed by atoms with Crippen molar-refractivity contribution >= 4 is 46.0 Å². The zero-order chi connectivity index (χ0) is 28.3. The van der Waals surface area contributed by atoms with Crippen molar-refractivity contribution in [2.45, 2.75) is 6.54 Å². The molecule has 1 aliphatic rings. The van der Waals surface area contributed by atoms with Crippen LogP contribution in [-0.4, -0.2) is 37.9 Å². The van der Waals surface area contributed by atoms with E-state index in [-0.39, 0.29) is 45.5 Å². The Kier molecular flexibility index (Phi) is 7.53.